The summed E-state index contributed by atoms with van der Waals surface area (Å²) in [6, 6.07) is 14.3. The van der Waals surface area contributed by atoms with Gasteiger partial charge < -0.3 is 5.32 Å². The quantitative estimate of drug-likeness (QED) is 0.660. The van der Waals surface area contributed by atoms with Crippen molar-refractivity contribution in [2.75, 3.05) is 11.1 Å². The highest BCUT2D eigenvalue weighted by molar-refractivity contribution is 7.99. The highest BCUT2D eigenvalue weighted by Crippen LogP contribution is 2.34. The molecular formula is C18H14F3N3OS. The van der Waals surface area contributed by atoms with Crippen molar-refractivity contribution in [2.45, 2.75) is 11.3 Å². The van der Waals surface area contributed by atoms with Crippen molar-refractivity contribution < 1.29 is 18.0 Å². The molecule has 0 aliphatic heterocycles. The van der Waals surface area contributed by atoms with Crippen molar-refractivity contribution in [2.24, 2.45) is 0 Å². The van der Waals surface area contributed by atoms with Gasteiger partial charge in [0.25, 0.3) is 0 Å². The maximum absolute atomic E-state index is 13.0. The lowest BCUT2D eigenvalue weighted by Crippen LogP contribution is -2.18. The Morgan fingerprint density at radius 1 is 1.08 bits per heavy atom. The van der Waals surface area contributed by atoms with Crippen molar-refractivity contribution in [3.8, 4) is 5.69 Å². The molecule has 0 saturated carbocycles. The molecule has 1 aromatic heterocycles. The minimum Gasteiger partial charge on any atom is -0.325 e. The number of carbonyl (C=O) groups excluding carboxylic acids is 1. The van der Waals surface area contributed by atoms with Crippen molar-refractivity contribution in [3.05, 3.63) is 72.6 Å². The number of carbonyl (C=O) groups is 1. The third-order valence-electron chi connectivity index (χ3n) is 3.48. The second-order valence-electron chi connectivity index (χ2n) is 5.30. The molecule has 0 radical (unpaired) electrons. The Morgan fingerprint density at radius 3 is 2.50 bits per heavy atom. The van der Waals surface area contributed by atoms with Gasteiger partial charge in [0.15, 0.2) is 5.16 Å². The number of benzene rings is 2. The Balaban J connectivity index is 1.68. The number of nitrogens with zero attached hydrogens (tertiary/aromatic N) is 2. The van der Waals surface area contributed by atoms with E-state index in [9.17, 15) is 18.0 Å². The van der Waals surface area contributed by atoms with E-state index in [1.54, 1.807) is 12.4 Å². The van der Waals surface area contributed by atoms with Crippen molar-refractivity contribution >= 4 is 23.4 Å². The van der Waals surface area contributed by atoms with Crippen LogP contribution in [0.25, 0.3) is 5.69 Å². The predicted octanol–water partition coefficient (Wildman–Crippen LogP) is 4.62. The molecular weight excluding hydrogens is 363 g/mol. The lowest BCUT2D eigenvalue weighted by atomic mass is 10.1. The van der Waals surface area contributed by atoms with Crippen LogP contribution in [0.3, 0.4) is 0 Å². The van der Waals surface area contributed by atoms with E-state index in [0.717, 1.165) is 23.5 Å². The van der Waals surface area contributed by atoms with E-state index in [-0.39, 0.29) is 11.4 Å². The Bertz CT molecular complexity index is 894. The molecule has 1 heterocycles. The summed E-state index contributed by atoms with van der Waals surface area (Å²) in [6.45, 7) is 0. The number of halogens is 3. The minimum atomic E-state index is -4.53. The number of nitrogens with one attached hydrogen (secondary N) is 1. The first kappa shape index (κ1) is 18.1. The van der Waals surface area contributed by atoms with Gasteiger partial charge in [-0.1, -0.05) is 42.1 Å². The smallest absolute Gasteiger partial charge is 0.325 e. The number of para-hydroxylation sites is 2. The molecule has 4 nitrogen and oxygen atoms in total. The van der Waals surface area contributed by atoms with Gasteiger partial charge >= 0.3 is 6.18 Å². The van der Waals surface area contributed by atoms with E-state index < -0.39 is 17.6 Å². The van der Waals surface area contributed by atoms with Crippen LogP contribution in [0.4, 0.5) is 18.9 Å². The summed E-state index contributed by atoms with van der Waals surface area (Å²) >= 11 is 1.15. The molecule has 2 aromatic carbocycles. The Morgan fingerprint density at radius 2 is 1.77 bits per heavy atom. The zero-order valence-corrected chi connectivity index (χ0v) is 14.2. The maximum atomic E-state index is 13.0. The van der Waals surface area contributed by atoms with Crippen LogP contribution in [0.15, 0.2) is 72.1 Å². The predicted molar refractivity (Wildman–Crippen MR) is 94.4 cm³/mol. The summed E-state index contributed by atoms with van der Waals surface area (Å²) in [6.07, 6.45) is -1.17. The molecule has 0 saturated heterocycles. The average molecular weight is 377 g/mol. The Labute approximate surface area is 152 Å². The van der Waals surface area contributed by atoms with E-state index >= 15 is 0 Å². The average Bonchev–Trinajstić information content (AvgIpc) is 3.09. The molecule has 1 amide bonds. The normalized spacial score (nSPS) is 11.3. The van der Waals surface area contributed by atoms with Crippen molar-refractivity contribution in [1.82, 2.24) is 9.55 Å². The van der Waals surface area contributed by atoms with Gasteiger partial charge in [-0.15, -0.1) is 0 Å². The summed E-state index contributed by atoms with van der Waals surface area (Å²) in [5.74, 6) is -0.593. The standard InChI is InChI=1S/C18H14F3N3OS/c19-18(20,21)14-8-4-5-9-15(14)23-16(25)12-26-17-22-10-11-24(17)13-6-2-1-3-7-13/h1-11H,12H2,(H,23,25). The first-order valence-corrected chi connectivity index (χ1v) is 8.61. The first-order chi connectivity index (χ1) is 12.4. The number of amides is 1. The first-order valence-electron chi connectivity index (χ1n) is 7.63. The summed E-state index contributed by atoms with van der Waals surface area (Å²) < 4.78 is 40.7. The topological polar surface area (TPSA) is 46.9 Å². The largest absolute Gasteiger partial charge is 0.418 e. The van der Waals surface area contributed by atoms with E-state index in [1.807, 2.05) is 34.9 Å². The summed E-state index contributed by atoms with van der Waals surface area (Å²) in [4.78, 5) is 16.3. The summed E-state index contributed by atoms with van der Waals surface area (Å²) in [7, 11) is 0. The highest BCUT2D eigenvalue weighted by atomic mass is 32.2. The van der Waals surface area contributed by atoms with Crippen LogP contribution in [0.5, 0.6) is 0 Å². The molecule has 0 fully saturated rings. The van der Waals surface area contributed by atoms with E-state index in [4.69, 9.17) is 0 Å². The number of thioether (sulfide) groups is 1. The van der Waals surface area contributed by atoms with E-state index in [2.05, 4.69) is 10.3 Å². The fourth-order valence-corrected chi connectivity index (χ4v) is 3.11. The van der Waals surface area contributed by atoms with Gasteiger partial charge in [0, 0.05) is 18.1 Å². The molecule has 0 bridgehead atoms. The van der Waals surface area contributed by atoms with Crippen LogP contribution < -0.4 is 5.32 Å². The molecule has 0 atom stereocenters. The molecule has 3 rings (SSSR count). The fraction of sp³-hybridized carbons (Fsp3) is 0.111. The molecule has 0 unspecified atom stereocenters. The Hall–Kier alpha value is -2.74. The molecule has 0 aliphatic carbocycles. The number of hydrogen-bond acceptors (Lipinski definition) is 3. The molecule has 26 heavy (non-hydrogen) atoms. The lowest BCUT2D eigenvalue weighted by Gasteiger charge is -2.13. The minimum absolute atomic E-state index is 0.0595. The number of anilines is 1. The summed E-state index contributed by atoms with van der Waals surface area (Å²) in [5.41, 5.74) is -0.239. The zero-order valence-electron chi connectivity index (χ0n) is 13.4. The molecule has 134 valence electrons. The van der Waals surface area contributed by atoms with Crippen LogP contribution in [0.2, 0.25) is 0 Å². The van der Waals surface area contributed by atoms with Crippen LogP contribution >= 0.6 is 11.8 Å². The van der Waals surface area contributed by atoms with Gasteiger partial charge in [-0.25, -0.2) is 4.98 Å². The van der Waals surface area contributed by atoms with Gasteiger partial charge in [-0.05, 0) is 24.3 Å². The zero-order chi connectivity index (χ0) is 18.6. The number of aromatic nitrogens is 2. The van der Waals surface area contributed by atoms with Gasteiger partial charge in [-0.3, -0.25) is 9.36 Å². The van der Waals surface area contributed by atoms with Crippen LogP contribution in [-0.2, 0) is 11.0 Å². The van der Waals surface area contributed by atoms with Gasteiger partial charge in [0.1, 0.15) is 0 Å². The van der Waals surface area contributed by atoms with Crippen LogP contribution in [0, 0.1) is 0 Å². The van der Waals surface area contributed by atoms with Crippen LogP contribution in [-0.4, -0.2) is 21.2 Å². The second-order valence-corrected chi connectivity index (χ2v) is 6.24. The molecule has 8 heteroatoms. The lowest BCUT2D eigenvalue weighted by molar-refractivity contribution is -0.137. The third-order valence-corrected chi connectivity index (χ3v) is 4.45. The van der Waals surface area contributed by atoms with Crippen molar-refractivity contribution in [1.29, 1.82) is 0 Å². The fourth-order valence-electron chi connectivity index (χ4n) is 2.34. The van der Waals surface area contributed by atoms with Crippen LogP contribution in [0.1, 0.15) is 5.56 Å². The number of hydrogen-bond donors (Lipinski definition) is 1. The molecule has 0 aliphatic rings. The Kier molecular flexibility index (Phi) is 5.32. The van der Waals surface area contributed by atoms with Crippen molar-refractivity contribution in [3.63, 3.8) is 0 Å². The van der Waals surface area contributed by atoms with Gasteiger partial charge in [0.05, 0.1) is 17.0 Å². The number of rotatable bonds is 5. The second kappa shape index (κ2) is 7.65. The highest BCUT2D eigenvalue weighted by Gasteiger charge is 2.33. The molecule has 0 spiro atoms. The monoisotopic (exact) mass is 377 g/mol. The van der Waals surface area contributed by atoms with E-state index in [1.165, 1.54) is 18.2 Å². The maximum Gasteiger partial charge on any atom is 0.418 e. The van der Waals surface area contributed by atoms with E-state index in [0.29, 0.717) is 5.16 Å². The third kappa shape index (κ3) is 4.26. The molecule has 3 aromatic rings. The molecule has 1 N–H and O–H groups in total. The SMILES string of the molecule is O=C(CSc1nccn1-c1ccccc1)Nc1ccccc1C(F)(F)F. The number of alkyl halides is 3. The van der Waals surface area contributed by atoms with Gasteiger partial charge in [-0.2, -0.15) is 13.2 Å². The van der Waals surface area contributed by atoms with Gasteiger partial charge in [0.2, 0.25) is 5.91 Å². The summed E-state index contributed by atoms with van der Waals surface area (Å²) in [5, 5.41) is 2.90. The number of imidazole rings is 1.